The second-order valence-electron chi connectivity index (χ2n) is 3.89. The van der Waals surface area contributed by atoms with Crippen LogP contribution in [0.5, 0.6) is 0 Å². The zero-order chi connectivity index (χ0) is 9.26. The Hall–Kier alpha value is -1.06. The lowest BCUT2D eigenvalue weighted by Gasteiger charge is -2.34. The number of nitrogens with zero attached hydrogens (tertiary/aromatic N) is 2. The van der Waals surface area contributed by atoms with Gasteiger partial charge in [0.2, 0.25) is 0 Å². The molecule has 0 radical (unpaired) electrons. The van der Waals surface area contributed by atoms with E-state index in [4.69, 9.17) is 10.4 Å². The van der Waals surface area contributed by atoms with Crippen molar-refractivity contribution in [1.82, 2.24) is 0 Å². The third kappa shape index (κ3) is 1.41. The van der Waals surface area contributed by atoms with Gasteiger partial charge in [-0.2, -0.15) is 0 Å². The minimum Gasteiger partial charge on any atom is -0.411 e. The van der Waals surface area contributed by atoms with E-state index in [1.54, 1.807) is 0 Å². The summed E-state index contributed by atoms with van der Waals surface area (Å²) in [4.78, 5) is 0. The highest BCUT2D eigenvalue weighted by molar-refractivity contribution is 5.94. The Kier molecular flexibility index (Phi) is 2.20. The zero-order valence-electron chi connectivity index (χ0n) is 7.48. The first-order valence-corrected chi connectivity index (χ1v) is 4.76. The van der Waals surface area contributed by atoms with Gasteiger partial charge in [0, 0.05) is 11.8 Å². The average molecular weight is 182 g/mol. The predicted octanol–water partition coefficient (Wildman–Crippen LogP) is 1.86. The quantitative estimate of drug-likeness (QED) is 0.443. The van der Waals surface area contributed by atoms with Crippen molar-refractivity contribution in [1.29, 1.82) is 0 Å². The van der Waals surface area contributed by atoms with Gasteiger partial charge in [-0.05, 0) is 32.1 Å². The van der Waals surface area contributed by atoms with Gasteiger partial charge in [0.05, 0.1) is 11.4 Å². The van der Waals surface area contributed by atoms with Gasteiger partial charge in [-0.3, -0.25) is 0 Å². The monoisotopic (exact) mass is 182 g/mol. The molecule has 0 saturated heterocycles. The SMILES string of the molecule is O/N=C1/CCC2CC1CC/C2=N\O. The first-order chi connectivity index (χ1) is 6.35. The van der Waals surface area contributed by atoms with E-state index in [1.165, 1.54) is 0 Å². The van der Waals surface area contributed by atoms with E-state index in [0.29, 0.717) is 11.8 Å². The molecule has 2 aliphatic rings. The fraction of sp³-hybridized carbons (Fsp3) is 0.778. The molecule has 2 aliphatic carbocycles. The fourth-order valence-electron chi connectivity index (χ4n) is 2.50. The third-order valence-electron chi connectivity index (χ3n) is 3.27. The molecule has 2 rings (SSSR count). The number of fused-ring (bicyclic) bond motifs is 2. The molecule has 0 heterocycles. The lowest BCUT2D eigenvalue weighted by atomic mass is 9.70. The summed E-state index contributed by atoms with van der Waals surface area (Å²) in [5.74, 6) is 0.850. The van der Waals surface area contributed by atoms with Gasteiger partial charge >= 0.3 is 0 Å². The molecule has 2 N–H and O–H groups in total. The van der Waals surface area contributed by atoms with Crippen molar-refractivity contribution in [3.05, 3.63) is 0 Å². The highest BCUT2D eigenvalue weighted by atomic mass is 16.4. The van der Waals surface area contributed by atoms with Crippen LogP contribution >= 0.6 is 0 Å². The van der Waals surface area contributed by atoms with Crippen LogP contribution in [0.15, 0.2) is 10.3 Å². The van der Waals surface area contributed by atoms with Crippen molar-refractivity contribution in [3.8, 4) is 0 Å². The third-order valence-corrected chi connectivity index (χ3v) is 3.27. The van der Waals surface area contributed by atoms with Gasteiger partial charge in [0.1, 0.15) is 0 Å². The van der Waals surface area contributed by atoms with Crippen LogP contribution in [0.3, 0.4) is 0 Å². The highest BCUT2D eigenvalue weighted by Gasteiger charge is 2.34. The van der Waals surface area contributed by atoms with E-state index in [-0.39, 0.29) is 0 Å². The molecular weight excluding hydrogens is 168 g/mol. The van der Waals surface area contributed by atoms with Gasteiger partial charge in [-0.1, -0.05) is 10.3 Å². The van der Waals surface area contributed by atoms with E-state index in [1.807, 2.05) is 0 Å². The second kappa shape index (κ2) is 3.36. The summed E-state index contributed by atoms with van der Waals surface area (Å²) < 4.78 is 0. The van der Waals surface area contributed by atoms with E-state index in [0.717, 1.165) is 43.5 Å². The molecule has 2 atom stereocenters. The van der Waals surface area contributed by atoms with Gasteiger partial charge in [0.25, 0.3) is 0 Å². The normalized spacial score (nSPS) is 39.7. The molecule has 2 unspecified atom stereocenters. The van der Waals surface area contributed by atoms with E-state index in [9.17, 15) is 0 Å². The van der Waals surface area contributed by atoms with E-state index >= 15 is 0 Å². The zero-order valence-corrected chi connectivity index (χ0v) is 7.48. The van der Waals surface area contributed by atoms with E-state index in [2.05, 4.69) is 10.3 Å². The molecule has 0 amide bonds. The van der Waals surface area contributed by atoms with Crippen molar-refractivity contribution in [2.75, 3.05) is 0 Å². The number of hydrogen-bond acceptors (Lipinski definition) is 4. The maximum absolute atomic E-state index is 8.73. The molecule has 0 aromatic rings. The maximum atomic E-state index is 8.73. The van der Waals surface area contributed by atoms with Gasteiger partial charge in [-0.15, -0.1) is 0 Å². The summed E-state index contributed by atoms with van der Waals surface area (Å²) in [6.07, 6.45) is 4.64. The molecular formula is C9H14N2O2. The van der Waals surface area contributed by atoms with Crippen LogP contribution in [0.2, 0.25) is 0 Å². The Morgan fingerprint density at radius 2 is 1.38 bits per heavy atom. The standard InChI is InChI=1S/C9H14N2O2/c12-10-8-3-1-6-5-7(8)2-4-9(6)11-13/h6-7,12-13H,1-5H2/b10-8-,11-9+. The predicted molar refractivity (Wildman–Crippen MR) is 48.5 cm³/mol. The highest BCUT2D eigenvalue weighted by Crippen LogP contribution is 2.36. The summed E-state index contributed by atoms with van der Waals surface area (Å²) >= 11 is 0. The minimum atomic E-state index is 0.425. The first kappa shape index (κ1) is 8.53. The number of hydrogen-bond donors (Lipinski definition) is 2. The first-order valence-electron chi connectivity index (χ1n) is 4.76. The summed E-state index contributed by atoms with van der Waals surface area (Å²) in [5.41, 5.74) is 1.88. The van der Waals surface area contributed by atoms with Crippen LogP contribution in [0, 0.1) is 11.8 Å². The van der Waals surface area contributed by atoms with Crippen molar-refractivity contribution >= 4 is 11.4 Å². The van der Waals surface area contributed by atoms with Crippen LogP contribution in [0.25, 0.3) is 0 Å². The molecule has 13 heavy (non-hydrogen) atoms. The van der Waals surface area contributed by atoms with Crippen LogP contribution in [0.4, 0.5) is 0 Å². The second-order valence-corrected chi connectivity index (χ2v) is 3.89. The number of oxime groups is 2. The summed E-state index contributed by atoms with van der Waals surface area (Å²) in [7, 11) is 0. The molecule has 72 valence electrons. The Labute approximate surface area is 76.9 Å². The molecule has 2 fully saturated rings. The van der Waals surface area contributed by atoms with Crippen LogP contribution in [-0.4, -0.2) is 21.8 Å². The Morgan fingerprint density at radius 1 is 0.923 bits per heavy atom. The van der Waals surface area contributed by atoms with Crippen LogP contribution in [0.1, 0.15) is 32.1 Å². The average Bonchev–Trinajstić information content (AvgIpc) is 2.19. The van der Waals surface area contributed by atoms with Gasteiger partial charge < -0.3 is 10.4 Å². The minimum absolute atomic E-state index is 0.425. The van der Waals surface area contributed by atoms with Crippen molar-refractivity contribution in [2.45, 2.75) is 32.1 Å². The smallest absolute Gasteiger partial charge is 0.0602 e. The molecule has 0 aliphatic heterocycles. The molecule has 2 saturated carbocycles. The molecule has 4 heteroatoms. The Morgan fingerprint density at radius 3 is 1.77 bits per heavy atom. The fourth-order valence-corrected chi connectivity index (χ4v) is 2.50. The lowest BCUT2D eigenvalue weighted by molar-refractivity contribution is 0.288. The number of rotatable bonds is 0. The van der Waals surface area contributed by atoms with Gasteiger partial charge in [0.15, 0.2) is 0 Å². The van der Waals surface area contributed by atoms with Crippen molar-refractivity contribution in [2.24, 2.45) is 22.1 Å². The summed E-state index contributed by atoms with van der Waals surface area (Å²) in [6.45, 7) is 0. The molecule has 4 nitrogen and oxygen atoms in total. The summed E-state index contributed by atoms with van der Waals surface area (Å²) in [6, 6.07) is 0. The van der Waals surface area contributed by atoms with Crippen molar-refractivity contribution < 1.29 is 10.4 Å². The molecule has 0 aromatic carbocycles. The Balaban J connectivity index is 2.13. The topological polar surface area (TPSA) is 65.2 Å². The maximum Gasteiger partial charge on any atom is 0.0602 e. The molecule has 0 spiro atoms. The van der Waals surface area contributed by atoms with E-state index < -0.39 is 0 Å². The van der Waals surface area contributed by atoms with Crippen LogP contribution in [-0.2, 0) is 0 Å². The van der Waals surface area contributed by atoms with Gasteiger partial charge in [-0.25, -0.2) is 0 Å². The Bertz CT molecular complexity index is 234. The van der Waals surface area contributed by atoms with Crippen molar-refractivity contribution in [3.63, 3.8) is 0 Å². The summed E-state index contributed by atoms with van der Waals surface area (Å²) in [5, 5.41) is 24.1. The largest absolute Gasteiger partial charge is 0.411 e. The van der Waals surface area contributed by atoms with Crippen LogP contribution < -0.4 is 0 Å². The molecule has 2 bridgehead atoms. The molecule has 0 aromatic heterocycles. The lowest BCUT2D eigenvalue weighted by Crippen LogP contribution is -2.34.